The van der Waals surface area contributed by atoms with Gasteiger partial charge in [-0.1, -0.05) is 43.1 Å². The van der Waals surface area contributed by atoms with E-state index < -0.39 is 5.97 Å². The SMILES string of the molecule is CCCCC(C/C=C(\C)CCC=C(C)C)C(=O)O. The Labute approximate surface area is 112 Å². The number of rotatable bonds is 9. The standard InChI is InChI=1S/C16H28O2/c1-5-6-10-15(16(17)18)12-11-14(4)9-7-8-13(2)3/h8,11,15H,5-7,9-10,12H2,1-4H3,(H,17,18)/b14-11+. The van der Waals surface area contributed by atoms with Crippen LogP contribution in [0.4, 0.5) is 0 Å². The molecular formula is C16H28O2. The third-order valence-electron chi connectivity index (χ3n) is 3.10. The summed E-state index contributed by atoms with van der Waals surface area (Å²) >= 11 is 0. The zero-order valence-electron chi connectivity index (χ0n) is 12.3. The number of allylic oxidation sites excluding steroid dienone is 4. The second-order valence-corrected chi connectivity index (χ2v) is 5.28. The van der Waals surface area contributed by atoms with Gasteiger partial charge in [-0.2, -0.15) is 0 Å². The molecule has 0 aromatic heterocycles. The molecule has 1 atom stereocenters. The first-order valence-corrected chi connectivity index (χ1v) is 6.99. The first-order chi connectivity index (χ1) is 8.47. The molecule has 0 spiro atoms. The van der Waals surface area contributed by atoms with E-state index in [1.165, 1.54) is 11.1 Å². The second-order valence-electron chi connectivity index (χ2n) is 5.28. The maximum absolute atomic E-state index is 11.1. The second kappa shape index (κ2) is 9.93. The zero-order valence-corrected chi connectivity index (χ0v) is 12.3. The molecule has 0 amide bonds. The van der Waals surface area contributed by atoms with E-state index in [1.54, 1.807) is 0 Å². The Morgan fingerprint density at radius 2 is 1.89 bits per heavy atom. The molecule has 2 nitrogen and oxygen atoms in total. The van der Waals surface area contributed by atoms with Gasteiger partial charge in [-0.15, -0.1) is 0 Å². The van der Waals surface area contributed by atoms with Crippen molar-refractivity contribution in [2.75, 3.05) is 0 Å². The predicted molar refractivity (Wildman–Crippen MR) is 77.7 cm³/mol. The predicted octanol–water partition coefficient (Wildman–Crippen LogP) is 4.96. The van der Waals surface area contributed by atoms with Crippen LogP contribution < -0.4 is 0 Å². The molecule has 1 N–H and O–H groups in total. The molecule has 2 heteroatoms. The smallest absolute Gasteiger partial charge is 0.306 e. The van der Waals surface area contributed by atoms with E-state index in [1.807, 2.05) is 0 Å². The average molecular weight is 252 g/mol. The average Bonchev–Trinajstić information content (AvgIpc) is 2.28. The van der Waals surface area contributed by atoms with Crippen LogP contribution in [0.5, 0.6) is 0 Å². The highest BCUT2D eigenvalue weighted by Crippen LogP contribution is 2.16. The van der Waals surface area contributed by atoms with E-state index in [2.05, 4.69) is 39.8 Å². The van der Waals surface area contributed by atoms with E-state index in [4.69, 9.17) is 5.11 Å². The number of carboxylic acid groups (broad SMARTS) is 1. The summed E-state index contributed by atoms with van der Waals surface area (Å²) in [6.07, 6.45) is 9.95. The van der Waals surface area contributed by atoms with Crippen LogP contribution in [0.3, 0.4) is 0 Å². The Hall–Kier alpha value is -1.05. The monoisotopic (exact) mass is 252 g/mol. The van der Waals surface area contributed by atoms with E-state index in [9.17, 15) is 4.79 Å². The maximum Gasteiger partial charge on any atom is 0.306 e. The minimum absolute atomic E-state index is 0.205. The van der Waals surface area contributed by atoms with Gasteiger partial charge in [0.2, 0.25) is 0 Å². The fraction of sp³-hybridized carbons (Fsp3) is 0.688. The summed E-state index contributed by atoms with van der Waals surface area (Å²) in [6.45, 7) is 8.39. The molecule has 0 bridgehead atoms. The summed E-state index contributed by atoms with van der Waals surface area (Å²) in [7, 11) is 0. The van der Waals surface area contributed by atoms with Crippen LogP contribution in [0.25, 0.3) is 0 Å². The van der Waals surface area contributed by atoms with E-state index in [0.29, 0.717) is 6.42 Å². The Morgan fingerprint density at radius 1 is 1.22 bits per heavy atom. The Bertz CT molecular complexity index is 296. The lowest BCUT2D eigenvalue weighted by atomic mass is 9.97. The van der Waals surface area contributed by atoms with Crippen molar-refractivity contribution in [2.45, 2.75) is 66.2 Å². The van der Waals surface area contributed by atoms with Crippen molar-refractivity contribution in [3.8, 4) is 0 Å². The summed E-state index contributed by atoms with van der Waals surface area (Å²) in [5, 5.41) is 9.12. The van der Waals surface area contributed by atoms with Crippen LogP contribution in [0.1, 0.15) is 66.2 Å². The van der Waals surface area contributed by atoms with Crippen LogP contribution in [0, 0.1) is 5.92 Å². The molecule has 104 valence electrons. The van der Waals surface area contributed by atoms with Crippen molar-refractivity contribution in [1.29, 1.82) is 0 Å². The van der Waals surface area contributed by atoms with Crippen LogP contribution in [0.15, 0.2) is 23.3 Å². The van der Waals surface area contributed by atoms with Gasteiger partial charge in [0.15, 0.2) is 0 Å². The summed E-state index contributed by atoms with van der Waals surface area (Å²) in [5.74, 6) is -0.861. The normalized spacial score (nSPS) is 13.2. The third-order valence-corrected chi connectivity index (χ3v) is 3.10. The van der Waals surface area contributed by atoms with Gasteiger partial charge in [0.1, 0.15) is 0 Å². The molecule has 0 radical (unpaired) electrons. The lowest BCUT2D eigenvalue weighted by Gasteiger charge is -2.09. The Morgan fingerprint density at radius 3 is 2.39 bits per heavy atom. The number of hydrogen-bond acceptors (Lipinski definition) is 1. The largest absolute Gasteiger partial charge is 0.481 e. The van der Waals surface area contributed by atoms with Crippen molar-refractivity contribution in [1.82, 2.24) is 0 Å². The molecule has 0 aromatic carbocycles. The van der Waals surface area contributed by atoms with Gasteiger partial charge in [-0.25, -0.2) is 0 Å². The summed E-state index contributed by atoms with van der Waals surface area (Å²) in [6, 6.07) is 0. The molecule has 18 heavy (non-hydrogen) atoms. The van der Waals surface area contributed by atoms with Crippen LogP contribution in [-0.2, 0) is 4.79 Å². The number of aliphatic carboxylic acids is 1. The van der Waals surface area contributed by atoms with Gasteiger partial charge in [0.05, 0.1) is 5.92 Å². The Kier molecular flexibility index (Phi) is 9.35. The number of hydrogen-bond donors (Lipinski definition) is 1. The van der Waals surface area contributed by atoms with Gasteiger partial charge < -0.3 is 5.11 Å². The van der Waals surface area contributed by atoms with Gasteiger partial charge in [-0.05, 0) is 46.5 Å². The Balaban J connectivity index is 4.13. The van der Waals surface area contributed by atoms with Crippen LogP contribution in [-0.4, -0.2) is 11.1 Å². The summed E-state index contributed by atoms with van der Waals surface area (Å²) < 4.78 is 0. The number of carbonyl (C=O) groups is 1. The van der Waals surface area contributed by atoms with Crippen LogP contribution in [0.2, 0.25) is 0 Å². The lowest BCUT2D eigenvalue weighted by molar-refractivity contribution is -0.141. The zero-order chi connectivity index (χ0) is 14.0. The van der Waals surface area contributed by atoms with Crippen molar-refractivity contribution < 1.29 is 9.90 Å². The minimum Gasteiger partial charge on any atom is -0.481 e. The molecule has 0 fully saturated rings. The van der Waals surface area contributed by atoms with Crippen molar-refractivity contribution in [3.63, 3.8) is 0 Å². The van der Waals surface area contributed by atoms with Gasteiger partial charge in [0, 0.05) is 0 Å². The lowest BCUT2D eigenvalue weighted by Crippen LogP contribution is -2.12. The summed E-state index contributed by atoms with van der Waals surface area (Å²) in [5.41, 5.74) is 2.64. The molecule has 0 saturated carbocycles. The van der Waals surface area contributed by atoms with Gasteiger partial charge in [0.25, 0.3) is 0 Å². The molecule has 0 aliphatic carbocycles. The maximum atomic E-state index is 11.1. The fourth-order valence-electron chi connectivity index (χ4n) is 1.83. The van der Waals surface area contributed by atoms with Gasteiger partial charge >= 0.3 is 5.97 Å². The highest BCUT2D eigenvalue weighted by molar-refractivity contribution is 5.70. The first-order valence-electron chi connectivity index (χ1n) is 6.99. The molecule has 0 rings (SSSR count). The molecule has 1 unspecified atom stereocenters. The molecule has 0 saturated heterocycles. The van der Waals surface area contributed by atoms with Gasteiger partial charge in [-0.3, -0.25) is 4.79 Å². The van der Waals surface area contributed by atoms with E-state index in [0.717, 1.165) is 32.1 Å². The van der Waals surface area contributed by atoms with E-state index in [-0.39, 0.29) is 5.92 Å². The van der Waals surface area contributed by atoms with Crippen molar-refractivity contribution >= 4 is 5.97 Å². The molecular weight excluding hydrogens is 224 g/mol. The highest BCUT2D eigenvalue weighted by atomic mass is 16.4. The summed E-state index contributed by atoms with van der Waals surface area (Å²) in [4.78, 5) is 11.1. The molecule has 0 aliphatic rings. The number of carboxylic acids is 1. The molecule has 0 aromatic rings. The minimum atomic E-state index is -0.656. The molecule has 0 heterocycles. The van der Waals surface area contributed by atoms with Crippen LogP contribution >= 0.6 is 0 Å². The number of unbranched alkanes of at least 4 members (excludes halogenated alkanes) is 1. The van der Waals surface area contributed by atoms with E-state index >= 15 is 0 Å². The quantitative estimate of drug-likeness (QED) is 0.589. The highest BCUT2D eigenvalue weighted by Gasteiger charge is 2.14. The molecule has 0 aliphatic heterocycles. The first kappa shape index (κ1) is 16.9. The topological polar surface area (TPSA) is 37.3 Å². The fourth-order valence-corrected chi connectivity index (χ4v) is 1.83. The van der Waals surface area contributed by atoms with Crippen molar-refractivity contribution in [3.05, 3.63) is 23.3 Å². The third kappa shape index (κ3) is 9.03. The van der Waals surface area contributed by atoms with Crippen molar-refractivity contribution in [2.24, 2.45) is 5.92 Å².